The quantitative estimate of drug-likeness (QED) is 0.0357. The van der Waals surface area contributed by atoms with E-state index in [2.05, 4.69) is 31.3 Å². The summed E-state index contributed by atoms with van der Waals surface area (Å²) in [5, 5.41) is 11.9. The van der Waals surface area contributed by atoms with Gasteiger partial charge in [0.25, 0.3) is 0 Å². The summed E-state index contributed by atoms with van der Waals surface area (Å²) in [4.78, 5) is 36.2. The van der Waals surface area contributed by atoms with Gasteiger partial charge in [0.15, 0.2) is 0 Å². The van der Waals surface area contributed by atoms with Crippen LogP contribution in [0.15, 0.2) is 12.2 Å². The average molecular weight is 651 g/mol. The molecule has 0 aliphatic carbocycles. The number of hydrogen-bond acceptors (Lipinski definition) is 5. The molecule has 0 fully saturated rings. The topological polar surface area (TPSA) is 119 Å². The van der Waals surface area contributed by atoms with Gasteiger partial charge >= 0.3 is 11.9 Å². The van der Waals surface area contributed by atoms with Crippen molar-refractivity contribution in [2.24, 2.45) is 5.73 Å². The minimum Gasteiger partial charge on any atom is -0.480 e. The van der Waals surface area contributed by atoms with E-state index in [1.54, 1.807) is 0 Å². The molecule has 0 saturated carbocycles. The molecule has 46 heavy (non-hydrogen) atoms. The Labute approximate surface area is 283 Å². The van der Waals surface area contributed by atoms with E-state index in [0.29, 0.717) is 32.2 Å². The molecular formula is C39H74N2O5. The number of rotatable bonds is 35. The molecule has 0 aromatic rings. The lowest BCUT2D eigenvalue weighted by Gasteiger charge is -2.18. The van der Waals surface area contributed by atoms with E-state index in [1.807, 2.05) is 0 Å². The van der Waals surface area contributed by atoms with Crippen LogP contribution in [-0.2, 0) is 19.1 Å². The Bertz CT molecular complexity index is 742. The maximum absolute atomic E-state index is 12.7. The molecule has 270 valence electrons. The van der Waals surface area contributed by atoms with E-state index in [9.17, 15) is 19.5 Å². The first-order chi connectivity index (χ1) is 22.4. The summed E-state index contributed by atoms with van der Waals surface area (Å²) >= 11 is 0. The minimum atomic E-state index is -1.00. The molecule has 2 atom stereocenters. The summed E-state index contributed by atoms with van der Waals surface area (Å²) in [7, 11) is 0. The SMILES string of the molecule is CCC/C=C\CCCCCCCC(=O)OC(CCCCCCCCCCCC)CCCCCCCC(=O)NC(CCCN)C(=O)O. The molecule has 0 heterocycles. The summed E-state index contributed by atoms with van der Waals surface area (Å²) in [6, 6.07) is -0.853. The zero-order valence-corrected chi connectivity index (χ0v) is 30.2. The molecule has 7 heteroatoms. The molecule has 0 radical (unpaired) electrons. The maximum atomic E-state index is 12.7. The van der Waals surface area contributed by atoms with Crippen molar-refractivity contribution in [3.63, 3.8) is 0 Å². The number of nitrogens with two attached hydrogens (primary N) is 1. The van der Waals surface area contributed by atoms with Gasteiger partial charge in [-0.05, 0) is 77.2 Å². The second kappa shape index (κ2) is 34.4. The first kappa shape index (κ1) is 44.1. The lowest BCUT2D eigenvalue weighted by molar-refractivity contribution is -0.150. The number of carbonyl (C=O) groups is 3. The highest BCUT2D eigenvalue weighted by molar-refractivity contribution is 5.83. The molecule has 0 rings (SSSR count). The number of ether oxygens (including phenoxy) is 1. The smallest absolute Gasteiger partial charge is 0.326 e. The highest BCUT2D eigenvalue weighted by Gasteiger charge is 2.19. The van der Waals surface area contributed by atoms with E-state index in [1.165, 1.54) is 96.3 Å². The van der Waals surface area contributed by atoms with Gasteiger partial charge in [0.1, 0.15) is 12.1 Å². The molecular weight excluding hydrogens is 576 g/mol. The lowest BCUT2D eigenvalue weighted by Crippen LogP contribution is -2.40. The van der Waals surface area contributed by atoms with Crippen molar-refractivity contribution in [2.75, 3.05) is 6.54 Å². The van der Waals surface area contributed by atoms with Gasteiger partial charge in [0.2, 0.25) is 5.91 Å². The van der Waals surface area contributed by atoms with Crippen molar-refractivity contribution in [3.8, 4) is 0 Å². The summed E-state index contributed by atoms with van der Waals surface area (Å²) < 4.78 is 6.00. The van der Waals surface area contributed by atoms with E-state index in [4.69, 9.17) is 10.5 Å². The third-order valence-corrected chi connectivity index (χ3v) is 8.81. The van der Waals surface area contributed by atoms with Gasteiger partial charge < -0.3 is 20.9 Å². The van der Waals surface area contributed by atoms with Gasteiger partial charge in [-0.3, -0.25) is 9.59 Å². The molecule has 0 aromatic carbocycles. The Morgan fingerprint density at radius 2 is 1.11 bits per heavy atom. The van der Waals surface area contributed by atoms with Crippen LogP contribution in [0, 0.1) is 0 Å². The van der Waals surface area contributed by atoms with E-state index in [0.717, 1.165) is 64.2 Å². The van der Waals surface area contributed by atoms with E-state index in [-0.39, 0.29) is 18.0 Å². The predicted molar refractivity (Wildman–Crippen MR) is 193 cm³/mol. The first-order valence-corrected chi connectivity index (χ1v) is 19.5. The molecule has 2 unspecified atom stereocenters. The molecule has 0 aliphatic rings. The van der Waals surface area contributed by atoms with Crippen LogP contribution in [0.4, 0.5) is 0 Å². The molecule has 7 nitrogen and oxygen atoms in total. The van der Waals surface area contributed by atoms with Crippen molar-refractivity contribution in [1.29, 1.82) is 0 Å². The zero-order chi connectivity index (χ0) is 33.9. The molecule has 0 bridgehead atoms. The number of unbranched alkanes of at least 4 members (excludes halogenated alkanes) is 19. The molecule has 0 spiro atoms. The second-order valence-corrected chi connectivity index (χ2v) is 13.3. The van der Waals surface area contributed by atoms with Gasteiger partial charge in [0.05, 0.1) is 0 Å². The second-order valence-electron chi connectivity index (χ2n) is 13.3. The lowest BCUT2D eigenvalue weighted by atomic mass is 10.0. The van der Waals surface area contributed by atoms with Crippen LogP contribution in [0.2, 0.25) is 0 Å². The Kier molecular flexibility index (Phi) is 33.0. The molecule has 4 N–H and O–H groups in total. The van der Waals surface area contributed by atoms with E-state index >= 15 is 0 Å². The standard InChI is InChI=1S/C39H74N2O5/c1-3-5-7-9-11-13-15-17-20-24-29-35(46-38(43)33-27-23-18-16-14-12-10-8-6-4-2)30-25-21-19-22-26-32-37(42)41-36(39(44)45)31-28-34-40/h8,10,35-36H,3-7,9,11-34,40H2,1-2H3,(H,41,42)(H,44,45)/b10-8-. The summed E-state index contributed by atoms with van der Waals surface area (Å²) in [5.41, 5.74) is 5.47. The number of esters is 1. The number of allylic oxidation sites excluding steroid dienone is 2. The number of carboxylic acids is 1. The molecule has 0 aromatic heterocycles. The predicted octanol–water partition coefficient (Wildman–Crippen LogP) is 10.3. The van der Waals surface area contributed by atoms with Crippen LogP contribution in [0.3, 0.4) is 0 Å². The van der Waals surface area contributed by atoms with Gasteiger partial charge in [-0.2, -0.15) is 0 Å². The van der Waals surface area contributed by atoms with Crippen LogP contribution in [-0.4, -0.2) is 41.6 Å². The fourth-order valence-electron chi connectivity index (χ4n) is 5.86. The zero-order valence-electron chi connectivity index (χ0n) is 30.2. The molecule has 0 saturated heterocycles. The van der Waals surface area contributed by atoms with Crippen LogP contribution in [0.5, 0.6) is 0 Å². The highest BCUT2D eigenvalue weighted by Crippen LogP contribution is 2.19. The largest absolute Gasteiger partial charge is 0.480 e. The number of carboxylic acid groups (broad SMARTS) is 1. The maximum Gasteiger partial charge on any atom is 0.326 e. The summed E-state index contributed by atoms with van der Waals surface area (Å²) in [5.74, 6) is -1.24. The van der Waals surface area contributed by atoms with Crippen molar-refractivity contribution in [1.82, 2.24) is 5.32 Å². The number of nitrogens with one attached hydrogen (secondary N) is 1. The Morgan fingerprint density at radius 3 is 1.65 bits per heavy atom. The third-order valence-electron chi connectivity index (χ3n) is 8.81. The summed E-state index contributed by atoms with van der Waals surface area (Å²) in [6.45, 7) is 4.88. The monoisotopic (exact) mass is 651 g/mol. The Morgan fingerprint density at radius 1 is 0.609 bits per heavy atom. The van der Waals surface area contributed by atoms with Crippen molar-refractivity contribution < 1.29 is 24.2 Å². The van der Waals surface area contributed by atoms with Crippen LogP contribution in [0.25, 0.3) is 0 Å². The number of carbonyl (C=O) groups excluding carboxylic acids is 2. The fourth-order valence-corrected chi connectivity index (χ4v) is 5.86. The highest BCUT2D eigenvalue weighted by atomic mass is 16.5. The van der Waals surface area contributed by atoms with Gasteiger partial charge in [0, 0.05) is 12.8 Å². The van der Waals surface area contributed by atoms with Gasteiger partial charge in [-0.25, -0.2) is 4.79 Å². The van der Waals surface area contributed by atoms with E-state index < -0.39 is 12.0 Å². The first-order valence-electron chi connectivity index (χ1n) is 19.5. The Hall–Kier alpha value is -1.89. The van der Waals surface area contributed by atoms with Gasteiger partial charge in [-0.15, -0.1) is 0 Å². The number of hydrogen-bond donors (Lipinski definition) is 3. The van der Waals surface area contributed by atoms with Crippen molar-refractivity contribution >= 4 is 17.8 Å². The van der Waals surface area contributed by atoms with Crippen LogP contribution < -0.4 is 11.1 Å². The van der Waals surface area contributed by atoms with Crippen LogP contribution in [0.1, 0.15) is 200 Å². The normalized spacial score (nSPS) is 12.8. The Balaban J connectivity index is 4.30. The average Bonchev–Trinajstić information content (AvgIpc) is 3.03. The minimum absolute atomic E-state index is 0.0173. The fraction of sp³-hybridized carbons (Fsp3) is 0.872. The molecule has 1 amide bonds. The van der Waals surface area contributed by atoms with Crippen molar-refractivity contribution in [3.05, 3.63) is 12.2 Å². The number of aliphatic carboxylic acids is 1. The molecule has 0 aliphatic heterocycles. The van der Waals surface area contributed by atoms with Crippen LogP contribution >= 0.6 is 0 Å². The summed E-state index contributed by atoms with van der Waals surface area (Å²) in [6.07, 6.45) is 35.3. The van der Waals surface area contributed by atoms with Gasteiger partial charge in [-0.1, -0.05) is 129 Å². The third kappa shape index (κ3) is 30.7. The number of amides is 1. The van der Waals surface area contributed by atoms with Crippen molar-refractivity contribution in [2.45, 2.75) is 212 Å².